The standard InChI is InChI=1S/C18H27BrO2/c1-3-4-13-5-7-14(8-6-13)17(20)12-15-11-16(19)9-10-18(15)21-2/h9-11,13-14,17,20H,3-8,12H2,1-2H3. The van der Waals surface area contributed by atoms with E-state index in [9.17, 15) is 5.11 Å². The lowest BCUT2D eigenvalue weighted by atomic mass is 9.77. The van der Waals surface area contributed by atoms with Crippen molar-refractivity contribution < 1.29 is 9.84 Å². The summed E-state index contributed by atoms with van der Waals surface area (Å²) < 4.78 is 6.44. The molecule has 1 atom stereocenters. The van der Waals surface area contributed by atoms with Gasteiger partial charge in [0.05, 0.1) is 13.2 Å². The summed E-state index contributed by atoms with van der Waals surface area (Å²) in [5.41, 5.74) is 1.09. The molecule has 1 aromatic rings. The van der Waals surface area contributed by atoms with Crippen LogP contribution in [0.4, 0.5) is 0 Å². The second-order valence-electron chi connectivity index (χ2n) is 6.30. The lowest BCUT2D eigenvalue weighted by molar-refractivity contribution is 0.0723. The van der Waals surface area contributed by atoms with Crippen molar-refractivity contribution in [1.82, 2.24) is 0 Å². The van der Waals surface area contributed by atoms with Crippen LogP contribution in [-0.4, -0.2) is 18.3 Å². The van der Waals surface area contributed by atoms with Gasteiger partial charge in [-0.1, -0.05) is 48.5 Å². The van der Waals surface area contributed by atoms with Crippen molar-refractivity contribution in [3.05, 3.63) is 28.2 Å². The third-order valence-corrected chi connectivity index (χ3v) is 5.30. The van der Waals surface area contributed by atoms with Gasteiger partial charge in [0, 0.05) is 10.9 Å². The van der Waals surface area contributed by atoms with Crippen LogP contribution in [0, 0.1) is 11.8 Å². The molecule has 1 fully saturated rings. The Morgan fingerprint density at radius 3 is 2.62 bits per heavy atom. The first kappa shape index (κ1) is 16.8. The summed E-state index contributed by atoms with van der Waals surface area (Å²) in [6, 6.07) is 6.00. The molecule has 3 heteroatoms. The molecule has 0 spiro atoms. The minimum absolute atomic E-state index is 0.254. The maximum Gasteiger partial charge on any atom is 0.122 e. The first-order valence-electron chi connectivity index (χ1n) is 8.14. The number of hydrogen-bond donors (Lipinski definition) is 1. The Hall–Kier alpha value is -0.540. The second-order valence-corrected chi connectivity index (χ2v) is 7.21. The molecule has 0 heterocycles. The fourth-order valence-electron chi connectivity index (χ4n) is 3.57. The van der Waals surface area contributed by atoms with Gasteiger partial charge >= 0.3 is 0 Å². The highest BCUT2D eigenvalue weighted by Crippen LogP contribution is 2.35. The average molecular weight is 355 g/mol. The van der Waals surface area contributed by atoms with Crippen molar-refractivity contribution in [3.8, 4) is 5.75 Å². The molecule has 2 nitrogen and oxygen atoms in total. The molecule has 1 saturated carbocycles. The van der Waals surface area contributed by atoms with Gasteiger partial charge in [-0.2, -0.15) is 0 Å². The molecule has 1 aliphatic carbocycles. The van der Waals surface area contributed by atoms with Gasteiger partial charge < -0.3 is 9.84 Å². The highest BCUT2D eigenvalue weighted by atomic mass is 79.9. The Morgan fingerprint density at radius 2 is 2.00 bits per heavy atom. The zero-order valence-corrected chi connectivity index (χ0v) is 14.7. The second kappa shape index (κ2) is 8.19. The number of aliphatic hydroxyl groups excluding tert-OH is 1. The zero-order chi connectivity index (χ0) is 15.2. The van der Waals surface area contributed by atoms with Crippen molar-refractivity contribution in [2.24, 2.45) is 11.8 Å². The Morgan fingerprint density at radius 1 is 1.29 bits per heavy atom. The third-order valence-electron chi connectivity index (χ3n) is 4.80. The Balaban J connectivity index is 1.93. The number of rotatable bonds is 6. The number of halogens is 1. The topological polar surface area (TPSA) is 29.5 Å². The zero-order valence-electron chi connectivity index (χ0n) is 13.1. The summed E-state index contributed by atoms with van der Waals surface area (Å²) in [4.78, 5) is 0. The van der Waals surface area contributed by atoms with Crippen LogP contribution < -0.4 is 4.74 Å². The quantitative estimate of drug-likeness (QED) is 0.781. The number of hydrogen-bond acceptors (Lipinski definition) is 2. The van der Waals surface area contributed by atoms with Crippen LogP contribution in [0.25, 0.3) is 0 Å². The van der Waals surface area contributed by atoms with Gasteiger partial charge in [-0.25, -0.2) is 0 Å². The predicted molar refractivity (Wildman–Crippen MR) is 90.8 cm³/mol. The van der Waals surface area contributed by atoms with Crippen LogP contribution in [-0.2, 0) is 6.42 Å². The van der Waals surface area contributed by atoms with Crippen molar-refractivity contribution in [2.75, 3.05) is 7.11 Å². The molecule has 118 valence electrons. The van der Waals surface area contributed by atoms with E-state index in [1.54, 1.807) is 7.11 Å². The molecule has 0 radical (unpaired) electrons. The van der Waals surface area contributed by atoms with E-state index in [0.29, 0.717) is 12.3 Å². The third kappa shape index (κ3) is 4.72. The molecule has 2 rings (SSSR count). The van der Waals surface area contributed by atoms with E-state index in [1.807, 2.05) is 12.1 Å². The SMILES string of the molecule is CCCC1CCC(C(O)Cc2cc(Br)ccc2OC)CC1. The summed E-state index contributed by atoms with van der Waals surface area (Å²) >= 11 is 3.50. The Labute approximate surface area is 137 Å². The smallest absolute Gasteiger partial charge is 0.122 e. The van der Waals surface area contributed by atoms with Crippen molar-refractivity contribution in [3.63, 3.8) is 0 Å². The van der Waals surface area contributed by atoms with Gasteiger partial charge in [0.2, 0.25) is 0 Å². The number of ether oxygens (including phenoxy) is 1. The Kier molecular flexibility index (Phi) is 6.56. The highest BCUT2D eigenvalue weighted by Gasteiger charge is 2.26. The lowest BCUT2D eigenvalue weighted by Crippen LogP contribution is -2.27. The number of benzene rings is 1. The van der Waals surface area contributed by atoms with E-state index in [-0.39, 0.29) is 6.10 Å². The van der Waals surface area contributed by atoms with Crippen molar-refractivity contribution in [2.45, 2.75) is 58.0 Å². The molecule has 21 heavy (non-hydrogen) atoms. The average Bonchev–Trinajstić information content (AvgIpc) is 2.48. The summed E-state index contributed by atoms with van der Waals surface area (Å²) in [5.74, 6) is 2.21. The van der Waals surface area contributed by atoms with Crippen LogP contribution in [0.2, 0.25) is 0 Å². The van der Waals surface area contributed by atoms with E-state index >= 15 is 0 Å². The van der Waals surface area contributed by atoms with Gasteiger partial charge in [0.25, 0.3) is 0 Å². The van der Waals surface area contributed by atoms with E-state index in [0.717, 1.165) is 21.7 Å². The fraction of sp³-hybridized carbons (Fsp3) is 0.667. The first-order chi connectivity index (χ1) is 10.1. The molecule has 0 amide bonds. The van der Waals surface area contributed by atoms with Gasteiger partial charge in [-0.15, -0.1) is 0 Å². The molecule has 1 unspecified atom stereocenters. The van der Waals surface area contributed by atoms with Crippen molar-refractivity contribution >= 4 is 15.9 Å². The molecule has 0 aliphatic heterocycles. The monoisotopic (exact) mass is 354 g/mol. The van der Waals surface area contributed by atoms with Crippen molar-refractivity contribution in [1.29, 1.82) is 0 Å². The van der Waals surface area contributed by atoms with E-state index in [1.165, 1.54) is 38.5 Å². The van der Waals surface area contributed by atoms with E-state index < -0.39 is 0 Å². The minimum Gasteiger partial charge on any atom is -0.496 e. The predicted octanol–water partition coefficient (Wildman–Crippen LogP) is 4.97. The molecule has 0 saturated heterocycles. The molecular formula is C18H27BrO2. The van der Waals surface area contributed by atoms with Gasteiger partial charge in [0.1, 0.15) is 5.75 Å². The largest absolute Gasteiger partial charge is 0.496 e. The Bertz CT molecular complexity index is 439. The van der Waals surface area contributed by atoms with E-state index in [2.05, 4.69) is 28.9 Å². The van der Waals surface area contributed by atoms with Crippen LogP contribution >= 0.6 is 15.9 Å². The van der Waals surface area contributed by atoms with Crippen LogP contribution in [0.5, 0.6) is 5.75 Å². The fourth-order valence-corrected chi connectivity index (χ4v) is 3.98. The van der Waals surface area contributed by atoms with Crippen LogP contribution in [0.1, 0.15) is 51.0 Å². The summed E-state index contributed by atoms with van der Waals surface area (Å²) in [7, 11) is 1.69. The van der Waals surface area contributed by atoms with Crippen LogP contribution in [0.3, 0.4) is 0 Å². The molecule has 1 aromatic carbocycles. The molecule has 1 N–H and O–H groups in total. The number of methoxy groups -OCH3 is 1. The normalized spacial score (nSPS) is 23.8. The molecule has 0 aromatic heterocycles. The minimum atomic E-state index is -0.254. The maximum absolute atomic E-state index is 10.6. The van der Waals surface area contributed by atoms with Gasteiger partial charge in [-0.3, -0.25) is 0 Å². The van der Waals surface area contributed by atoms with E-state index in [4.69, 9.17) is 4.74 Å². The molecule has 0 bridgehead atoms. The molecule has 1 aliphatic rings. The summed E-state index contributed by atoms with van der Waals surface area (Å²) in [6.07, 6.45) is 7.97. The summed E-state index contributed by atoms with van der Waals surface area (Å²) in [6.45, 7) is 2.26. The highest BCUT2D eigenvalue weighted by molar-refractivity contribution is 9.10. The number of aliphatic hydroxyl groups is 1. The molecular weight excluding hydrogens is 328 g/mol. The lowest BCUT2D eigenvalue weighted by Gasteiger charge is -2.31. The van der Waals surface area contributed by atoms with Gasteiger partial charge in [0.15, 0.2) is 0 Å². The van der Waals surface area contributed by atoms with Crippen LogP contribution in [0.15, 0.2) is 22.7 Å². The maximum atomic E-state index is 10.6. The first-order valence-corrected chi connectivity index (χ1v) is 8.93. The van der Waals surface area contributed by atoms with Gasteiger partial charge in [-0.05, 0) is 48.4 Å². The summed E-state index contributed by atoms with van der Waals surface area (Å²) in [5, 5.41) is 10.6.